The van der Waals surface area contributed by atoms with Crippen molar-refractivity contribution < 1.29 is 28.5 Å². The van der Waals surface area contributed by atoms with Gasteiger partial charge in [-0.3, -0.25) is 29.1 Å². The molecule has 2 aliphatic rings. The number of hydrogen-bond donors (Lipinski definition) is 3. The number of aromatic nitrogens is 2. The molecular formula is C26H33BN6O6. The number of rotatable bonds is 9. The second-order valence-electron chi connectivity index (χ2n) is 10.1. The predicted molar refractivity (Wildman–Crippen MR) is 141 cm³/mol. The Morgan fingerprint density at radius 2 is 1.74 bits per heavy atom. The fourth-order valence-corrected chi connectivity index (χ4v) is 4.67. The van der Waals surface area contributed by atoms with E-state index in [0.29, 0.717) is 19.5 Å². The zero-order valence-electron chi connectivity index (χ0n) is 22.2. The molecule has 2 saturated heterocycles. The van der Waals surface area contributed by atoms with Crippen LogP contribution < -0.4 is 16.0 Å². The monoisotopic (exact) mass is 536 g/mol. The summed E-state index contributed by atoms with van der Waals surface area (Å²) in [4.78, 5) is 62.1. The van der Waals surface area contributed by atoms with Crippen molar-refractivity contribution in [1.29, 1.82) is 0 Å². The summed E-state index contributed by atoms with van der Waals surface area (Å²) in [5.41, 5.74) is 0.888. The van der Waals surface area contributed by atoms with Gasteiger partial charge in [-0.15, -0.1) is 0 Å². The minimum Gasteiger partial charge on any atom is -0.497 e. The lowest BCUT2D eigenvalue weighted by molar-refractivity contribution is -0.156. The number of benzene rings is 1. The Hall–Kier alpha value is -3.84. The minimum atomic E-state index is -1.32. The molecule has 0 aliphatic carbocycles. The van der Waals surface area contributed by atoms with E-state index < -0.39 is 54.9 Å². The molecule has 39 heavy (non-hydrogen) atoms. The fourth-order valence-electron chi connectivity index (χ4n) is 4.67. The zero-order chi connectivity index (χ0) is 27.9. The summed E-state index contributed by atoms with van der Waals surface area (Å²) in [6, 6.07) is 6.92. The third-order valence-corrected chi connectivity index (χ3v) is 6.75. The van der Waals surface area contributed by atoms with Gasteiger partial charge in [0.25, 0.3) is 5.91 Å². The van der Waals surface area contributed by atoms with E-state index in [1.54, 1.807) is 11.9 Å². The Bertz CT molecular complexity index is 1140. The van der Waals surface area contributed by atoms with Gasteiger partial charge in [0.2, 0.25) is 5.91 Å². The number of carbonyl (C=O) groups is 4. The molecule has 206 valence electrons. The Kier molecular flexibility index (Phi) is 9.26. The van der Waals surface area contributed by atoms with Crippen molar-refractivity contribution in [1.82, 2.24) is 30.8 Å². The third-order valence-electron chi connectivity index (χ3n) is 6.75. The largest absolute Gasteiger partial charge is 0.622 e. The van der Waals surface area contributed by atoms with Crippen LogP contribution in [0.5, 0.6) is 0 Å². The second kappa shape index (κ2) is 12.8. The molecule has 0 saturated carbocycles. The first kappa shape index (κ1) is 28.2. The van der Waals surface area contributed by atoms with Gasteiger partial charge in [-0.2, -0.15) is 0 Å². The molecule has 2 fully saturated rings. The fraction of sp³-hybridized carbons (Fsp3) is 0.462. The van der Waals surface area contributed by atoms with Crippen molar-refractivity contribution in [2.75, 3.05) is 20.1 Å². The van der Waals surface area contributed by atoms with Crippen LogP contribution in [-0.2, 0) is 30.1 Å². The van der Waals surface area contributed by atoms with Gasteiger partial charge in [0, 0.05) is 31.9 Å². The van der Waals surface area contributed by atoms with Gasteiger partial charge in [0.1, 0.15) is 23.8 Å². The van der Waals surface area contributed by atoms with E-state index in [9.17, 15) is 19.2 Å². The van der Waals surface area contributed by atoms with Gasteiger partial charge >= 0.3 is 19.1 Å². The van der Waals surface area contributed by atoms with Gasteiger partial charge in [-0.1, -0.05) is 44.2 Å². The first-order valence-electron chi connectivity index (χ1n) is 13.0. The van der Waals surface area contributed by atoms with Crippen LogP contribution in [0.3, 0.4) is 0 Å². The first-order chi connectivity index (χ1) is 18.7. The van der Waals surface area contributed by atoms with Gasteiger partial charge < -0.3 is 25.3 Å². The van der Waals surface area contributed by atoms with Crippen molar-refractivity contribution in [2.45, 2.75) is 50.8 Å². The lowest BCUT2D eigenvalue weighted by atomic mass is 9.73. The molecule has 4 rings (SSSR count). The van der Waals surface area contributed by atoms with Crippen molar-refractivity contribution in [3.05, 3.63) is 60.2 Å². The maximum absolute atomic E-state index is 13.7. The van der Waals surface area contributed by atoms with E-state index in [2.05, 4.69) is 25.9 Å². The van der Waals surface area contributed by atoms with E-state index in [4.69, 9.17) is 9.31 Å². The quantitative estimate of drug-likeness (QED) is 0.366. The zero-order valence-corrected chi connectivity index (χ0v) is 22.2. The molecule has 13 heteroatoms. The number of hydrogen-bond acceptors (Lipinski definition) is 10. The molecule has 2 aliphatic heterocycles. The van der Waals surface area contributed by atoms with Crippen molar-refractivity contribution >= 4 is 30.9 Å². The topological polar surface area (TPSA) is 152 Å². The Morgan fingerprint density at radius 1 is 1.08 bits per heavy atom. The number of fused-ring (bicyclic) bond motifs is 2. The smallest absolute Gasteiger partial charge is 0.497 e. The van der Waals surface area contributed by atoms with Crippen molar-refractivity contribution in [3.8, 4) is 0 Å². The predicted octanol–water partition coefficient (Wildman–Crippen LogP) is -0.252. The summed E-state index contributed by atoms with van der Waals surface area (Å²) in [5.74, 6) is -2.96. The summed E-state index contributed by atoms with van der Waals surface area (Å²) in [6.07, 6.45) is 4.69. The van der Waals surface area contributed by atoms with Crippen LogP contribution in [0.4, 0.5) is 0 Å². The SMILES string of the molecule is CC(C)C[C@H](NC(=O)C(Cc1ccccc1)NC(=O)c1cnccn1)B1OC(=O)[C@H]2CNC[C@H](C(=O)O1)N2C. The summed E-state index contributed by atoms with van der Waals surface area (Å²) >= 11 is 0. The molecule has 2 bridgehead atoms. The Morgan fingerprint density at radius 3 is 2.33 bits per heavy atom. The van der Waals surface area contributed by atoms with Crippen LogP contribution in [0, 0.1) is 5.92 Å². The summed E-state index contributed by atoms with van der Waals surface area (Å²) in [5, 5.41) is 8.69. The van der Waals surface area contributed by atoms with Crippen LogP contribution >= 0.6 is 0 Å². The number of amides is 2. The van der Waals surface area contributed by atoms with Crippen LogP contribution in [0.1, 0.15) is 36.3 Å². The number of nitrogens with zero attached hydrogens (tertiary/aromatic N) is 3. The van der Waals surface area contributed by atoms with E-state index in [1.165, 1.54) is 18.6 Å². The van der Waals surface area contributed by atoms with E-state index in [0.717, 1.165) is 5.56 Å². The standard InChI is InChI=1S/C26H33BN6O6/c1-16(2)11-22(27-38-25(36)20-14-29-15-21(33(20)3)26(37)39-27)32-23(34)18(12-17-7-5-4-6-8-17)31-24(35)19-13-28-9-10-30-19/h4-10,13,16,18,20-22,29H,11-12,14-15H2,1-3H3,(H,31,35)(H,32,34)/t18?,20-,21-,22+/m1/s1. The molecule has 3 N–H and O–H groups in total. The normalized spacial score (nSPS) is 21.2. The number of carbonyl (C=O) groups excluding carboxylic acids is 4. The Labute approximate surface area is 227 Å². The lowest BCUT2D eigenvalue weighted by Crippen LogP contribution is -2.66. The molecule has 12 nitrogen and oxygen atoms in total. The highest BCUT2D eigenvalue weighted by atomic mass is 16.6. The minimum absolute atomic E-state index is 0.0590. The van der Waals surface area contributed by atoms with Crippen molar-refractivity contribution in [2.24, 2.45) is 5.92 Å². The lowest BCUT2D eigenvalue weighted by Gasteiger charge is -2.40. The summed E-state index contributed by atoms with van der Waals surface area (Å²) in [7, 11) is 0.363. The highest BCUT2D eigenvalue weighted by Crippen LogP contribution is 2.19. The van der Waals surface area contributed by atoms with E-state index >= 15 is 0 Å². The van der Waals surface area contributed by atoms with Crippen LogP contribution in [-0.4, -0.2) is 89.9 Å². The number of likely N-dealkylation sites (N-methyl/N-ethyl adjacent to an activating group) is 1. The highest BCUT2D eigenvalue weighted by molar-refractivity contribution is 6.51. The summed E-state index contributed by atoms with van der Waals surface area (Å²) < 4.78 is 11.3. The number of piperazine rings is 1. The van der Waals surface area contributed by atoms with Crippen LogP contribution in [0.2, 0.25) is 0 Å². The third kappa shape index (κ3) is 7.18. The van der Waals surface area contributed by atoms with Gasteiger partial charge in [-0.05, 0) is 24.9 Å². The number of nitrogens with one attached hydrogen (secondary N) is 3. The molecule has 1 aromatic carbocycles. The maximum atomic E-state index is 13.7. The second-order valence-corrected chi connectivity index (χ2v) is 10.1. The molecule has 4 atom stereocenters. The summed E-state index contributed by atoms with van der Waals surface area (Å²) in [6.45, 7) is 4.55. The van der Waals surface area contributed by atoms with Crippen LogP contribution in [0.15, 0.2) is 48.9 Å². The average molecular weight is 536 g/mol. The average Bonchev–Trinajstić information content (AvgIpc) is 2.92. The molecular weight excluding hydrogens is 503 g/mol. The molecule has 3 heterocycles. The van der Waals surface area contributed by atoms with Crippen LogP contribution in [0.25, 0.3) is 0 Å². The molecule has 1 unspecified atom stereocenters. The van der Waals surface area contributed by atoms with Gasteiger partial charge in [0.15, 0.2) is 0 Å². The maximum Gasteiger partial charge on any atom is 0.622 e. The highest BCUT2D eigenvalue weighted by Gasteiger charge is 2.48. The van der Waals surface area contributed by atoms with Gasteiger partial charge in [0.05, 0.1) is 12.1 Å². The molecule has 2 aromatic rings. The van der Waals surface area contributed by atoms with Gasteiger partial charge in [-0.25, -0.2) is 4.98 Å². The molecule has 1 aromatic heterocycles. The first-order valence-corrected chi connectivity index (χ1v) is 13.0. The van der Waals surface area contributed by atoms with Crippen molar-refractivity contribution in [3.63, 3.8) is 0 Å². The Balaban J connectivity index is 1.56. The van der Waals surface area contributed by atoms with E-state index in [1.807, 2.05) is 44.2 Å². The van der Waals surface area contributed by atoms with E-state index in [-0.39, 0.29) is 18.0 Å². The molecule has 2 amide bonds. The molecule has 0 radical (unpaired) electrons. The molecule has 0 spiro atoms.